The molecule has 5 nitrogen and oxygen atoms in total. The fourth-order valence-electron chi connectivity index (χ4n) is 2.58. The van der Waals surface area contributed by atoms with Crippen LogP contribution in [0.2, 0.25) is 5.02 Å². The summed E-state index contributed by atoms with van der Waals surface area (Å²) in [7, 11) is 0. The average Bonchev–Trinajstić information content (AvgIpc) is 2.61. The van der Waals surface area contributed by atoms with Crippen LogP contribution in [0.4, 0.5) is 17.3 Å². The molecule has 2 aromatic carbocycles. The topological polar surface area (TPSA) is 66.9 Å². The summed E-state index contributed by atoms with van der Waals surface area (Å²) in [5.74, 6) is 0.0557. The van der Waals surface area contributed by atoms with Crippen LogP contribution < -0.4 is 10.6 Å². The number of aromatic nitrogens is 2. The van der Waals surface area contributed by atoms with E-state index in [1.165, 1.54) is 0 Å². The molecule has 0 unspecified atom stereocenters. The first-order valence-corrected chi connectivity index (χ1v) is 8.55. The molecule has 0 fully saturated rings. The van der Waals surface area contributed by atoms with E-state index in [0.29, 0.717) is 11.0 Å². The predicted molar refractivity (Wildman–Crippen MR) is 105 cm³/mol. The van der Waals surface area contributed by atoms with Crippen molar-refractivity contribution < 1.29 is 4.79 Å². The Bertz CT molecular complexity index is 952. The minimum atomic E-state index is -0.282. The number of amides is 1. The molecular formula is C20H19ClN4O. The highest BCUT2D eigenvalue weighted by Crippen LogP contribution is 2.23. The van der Waals surface area contributed by atoms with Gasteiger partial charge in [0.25, 0.3) is 5.91 Å². The number of anilines is 3. The predicted octanol–water partition coefficient (Wildman–Crippen LogP) is 5.05. The summed E-state index contributed by atoms with van der Waals surface area (Å²) in [6.07, 6.45) is 1.55. The zero-order chi connectivity index (χ0) is 18.7. The van der Waals surface area contributed by atoms with Crippen LogP contribution in [0.3, 0.4) is 0 Å². The fourth-order valence-corrected chi connectivity index (χ4v) is 2.76. The monoisotopic (exact) mass is 366 g/mol. The van der Waals surface area contributed by atoms with Crippen molar-refractivity contribution in [3.8, 4) is 0 Å². The van der Waals surface area contributed by atoms with Crippen molar-refractivity contribution in [1.29, 1.82) is 0 Å². The Kier molecular flexibility index (Phi) is 5.19. The lowest BCUT2D eigenvalue weighted by molar-refractivity contribution is 0.102. The first-order chi connectivity index (χ1) is 12.4. The van der Waals surface area contributed by atoms with E-state index >= 15 is 0 Å². The second kappa shape index (κ2) is 7.54. The molecule has 0 saturated heterocycles. The number of rotatable bonds is 4. The highest BCUT2D eigenvalue weighted by molar-refractivity contribution is 6.30. The molecule has 0 bridgehead atoms. The molecule has 0 aliphatic heterocycles. The third kappa shape index (κ3) is 4.00. The van der Waals surface area contributed by atoms with Gasteiger partial charge in [0.05, 0.1) is 0 Å². The largest absolute Gasteiger partial charge is 0.324 e. The lowest BCUT2D eigenvalue weighted by atomic mass is 10.1. The van der Waals surface area contributed by atoms with Gasteiger partial charge in [0.15, 0.2) is 0 Å². The smallest absolute Gasteiger partial charge is 0.274 e. The average molecular weight is 367 g/mol. The fraction of sp³-hybridized carbons (Fsp3) is 0.150. The van der Waals surface area contributed by atoms with Gasteiger partial charge in [-0.15, -0.1) is 0 Å². The van der Waals surface area contributed by atoms with Gasteiger partial charge in [-0.2, -0.15) is 0 Å². The molecule has 2 N–H and O–H groups in total. The highest BCUT2D eigenvalue weighted by Gasteiger charge is 2.12. The summed E-state index contributed by atoms with van der Waals surface area (Å²) in [6.45, 7) is 5.87. The molecular weight excluding hydrogens is 348 g/mol. The molecule has 1 amide bonds. The van der Waals surface area contributed by atoms with Crippen molar-refractivity contribution in [2.45, 2.75) is 20.8 Å². The van der Waals surface area contributed by atoms with Crippen molar-refractivity contribution in [3.05, 3.63) is 76.1 Å². The van der Waals surface area contributed by atoms with Crippen molar-refractivity contribution >= 4 is 34.8 Å². The Morgan fingerprint density at radius 2 is 1.73 bits per heavy atom. The number of nitrogens with one attached hydrogen (secondary N) is 2. The normalized spacial score (nSPS) is 10.5. The van der Waals surface area contributed by atoms with E-state index in [-0.39, 0.29) is 11.6 Å². The van der Waals surface area contributed by atoms with Crippen LogP contribution in [0.15, 0.2) is 48.7 Å². The van der Waals surface area contributed by atoms with Crippen LogP contribution in [0.5, 0.6) is 0 Å². The highest BCUT2D eigenvalue weighted by atomic mass is 35.5. The quantitative estimate of drug-likeness (QED) is 0.678. The maximum Gasteiger partial charge on any atom is 0.274 e. The van der Waals surface area contributed by atoms with Crippen LogP contribution >= 0.6 is 11.6 Å². The summed E-state index contributed by atoms with van der Waals surface area (Å²) in [4.78, 5) is 21.1. The zero-order valence-corrected chi connectivity index (χ0v) is 15.6. The third-order valence-electron chi connectivity index (χ3n) is 4.05. The number of benzene rings is 2. The number of halogens is 1. The zero-order valence-electron chi connectivity index (χ0n) is 14.8. The molecule has 0 radical (unpaired) electrons. The Morgan fingerprint density at radius 1 is 1.00 bits per heavy atom. The Labute approximate surface area is 157 Å². The van der Waals surface area contributed by atoms with E-state index in [2.05, 4.69) is 20.6 Å². The number of para-hydroxylation sites is 1. The van der Waals surface area contributed by atoms with Crippen LogP contribution in [0.25, 0.3) is 0 Å². The lowest BCUT2D eigenvalue weighted by Gasteiger charge is -2.12. The molecule has 3 rings (SSSR count). The molecule has 0 atom stereocenters. The van der Waals surface area contributed by atoms with Gasteiger partial charge in [0.2, 0.25) is 5.95 Å². The number of hydrogen-bond donors (Lipinski definition) is 2. The molecule has 0 aliphatic carbocycles. The van der Waals surface area contributed by atoms with Gasteiger partial charge in [0, 0.05) is 22.6 Å². The molecule has 3 aromatic rings. The molecule has 1 heterocycles. The number of nitrogens with zero attached hydrogens (tertiary/aromatic N) is 2. The van der Waals surface area contributed by atoms with Gasteiger partial charge in [-0.3, -0.25) is 4.79 Å². The molecule has 0 aliphatic rings. The van der Waals surface area contributed by atoms with Crippen LogP contribution in [-0.2, 0) is 0 Å². The van der Waals surface area contributed by atoms with Crippen molar-refractivity contribution in [1.82, 2.24) is 9.97 Å². The molecule has 6 heteroatoms. The van der Waals surface area contributed by atoms with Crippen LogP contribution in [0, 0.1) is 20.8 Å². The Balaban J connectivity index is 1.83. The first-order valence-electron chi connectivity index (χ1n) is 8.18. The van der Waals surface area contributed by atoms with Gasteiger partial charge < -0.3 is 10.6 Å². The first kappa shape index (κ1) is 17.9. The van der Waals surface area contributed by atoms with E-state index in [9.17, 15) is 4.79 Å². The standard InChI is InChI=1S/C20H19ClN4O/c1-12-7-8-15(21)11-17(12)24-20-22-10-9-16(23-20)19(26)25-18-13(2)5-4-6-14(18)3/h4-11H,1-3H3,(H,25,26)(H,22,23,24). The number of carbonyl (C=O) groups is 1. The summed E-state index contributed by atoms with van der Waals surface area (Å²) in [6, 6.07) is 13.0. The van der Waals surface area contributed by atoms with E-state index < -0.39 is 0 Å². The minimum Gasteiger partial charge on any atom is -0.324 e. The van der Waals surface area contributed by atoms with Gasteiger partial charge in [-0.05, 0) is 55.7 Å². The summed E-state index contributed by atoms with van der Waals surface area (Å²) in [5, 5.41) is 6.65. The number of aryl methyl sites for hydroxylation is 3. The summed E-state index contributed by atoms with van der Waals surface area (Å²) >= 11 is 6.04. The number of hydrogen-bond acceptors (Lipinski definition) is 4. The molecule has 1 aromatic heterocycles. The Morgan fingerprint density at radius 3 is 2.46 bits per heavy atom. The number of carbonyl (C=O) groups excluding carboxylic acids is 1. The van der Waals surface area contributed by atoms with Crippen LogP contribution in [0.1, 0.15) is 27.2 Å². The second-order valence-corrected chi connectivity index (χ2v) is 6.51. The van der Waals surface area contributed by atoms with Gasteiger partial charge >= 0.3 is 0 Å². The molecule has 132 valence electrons. The van der Waals surface area contributed by atoms with Crippen molar-refractivity contribution in [2.75, 3.05) is 10.6 Å². The van der Waals surface area contributed by atoms with E-state index in [0.717, 1.165) is 28.1 Å². The van der Waals surface area contributed by atoms with Crippen LogP contribution in [-0.4, -0.2) is 15.9 Å². The van der Waals surface area contributed by atoms with Gasteiger partial charge in [0.1, 0.15) is 5.69 Å². The second-order valence-electron chi connectivity index (χ2n) is 6.07. The van der Waals surface area contributed by atoms with Gasteiger partial charge in [-0.1, -0.05) is 35.9 Å². The maximum absolute atomic E-state index is 12.6. The van der Waals surface area contributed by atoms with Crippen molar-refractivity contribution in [3.63, 3.8) is 0 Å². The van der Waals surface area contributed by atoms with E-state index in [1.807, 2.05) is 51.1 Å². The summed E-state index contributed by atoms with van der Waals surface area (Å²) < 4.78 is 0. The van der Waals surface area contributed by atoms with E-state index in [4.69, 9.17) is 11.6 Å². The van der Waals surface area contributed by atoms with E-state index in [1.54, 1.807) is 18.3 Å². The molecule has 0 saturated carbocycles. The summed E-state index contributed by atoms with van der Waals surface area (Å²) in [5.41, 5.74) is 4.88. The Hall–Kier alpha value is -2.92. The molecule has 26 heavy (non-hydrogen) atoms. The SMILES string of the molecule is Cc1ccc(Cl)cc1Nc1nccc(C(=O)Nc2c(C)cccc2C)n1. The molecule has 0 spiro atoms. The van der Waals surface area contributed by atoms with Gasteiger partial charge in [-0.25, -0.2) is 9.97 Å². The third-order valence-corrected chi connectivity index (χ3v) is 4.29. The minimum absolute atomic E-state index is 0.282. The maximum atomic E-state index is 12.6. The lowest BCUT2D eigenvalue weighted by Crippen LogP contribution is -2.16. The van der Waals surface area contributed by atoms with Crippen molar-refractivity contribution in [2.24, 2.45) is 0 Å².